The van der Waals surface area contributed by atoms with Crippen LogP contribution >= 0.6 is 0 Å². The molecule has 0 bridgehead atoms. The second kappa shape index (κ2) is 4.02. The molecule has 0 spiro atoms. The summed E-state index contributed by atoms with van der Waals surface area (Å²) in [7, 11) is 0. The van der Waals surface area contributed by atoms with Crippen LogP contribution in [0.3, 0.4) is 0 Å². The lowest BCUT2D eigenvalue weighted by Crippen LogP contribution is -2.27. The van der Waals surface area contributed by atoms with Gasteiger partial charge < -0.3 is 10.6 Å². The molecule has 5 heteroatoms. The Morgan fingerprint density at radius 2 is 2.40 bits per heavy atom. The standard InChI is InChI=1S/C10H16N4O/c1-6-4-11-5-8(6)10(15)12-9-3-7(2)13-14-9/h3,6,8,11H,4-5H2,1-2H3,(H2,12,13,14,15)/t6-,8-/m1/s1. The summed E-state index contributed by atoms with van der Waals surface area (Å²) in [5.74, 6) is 1.11. The zero-order valence-corrected chi connectivity index (χ0v) is 9.00. The molecule has 2 rings (SSSR count). The molecule has 1 aromatic rings. The lowest BCUT2D eigenvalue weighted by Gasteiger charge is -2.12. The number of amides is 1. The topological polar surface area (TPSA) is 69.8 Å². The van der Waals surface area contributed by atoms with Gasteiger partial charge in [-0.1, -0.05) is 6.92 Å². The van der Waals surface area contributed by atoms with Gasteiger partial charge in [0.1, 0.15) is 0 Å². The van der Waals surface area contributed by atoms with Crippen molar-refractivity contribution in [3.05, 3.63) is 11.8 Å². The van der Waals surface area contributed by atoms with E-state index in [0.717, 1.165) is 18.8 Å². The molecule has 2 atom stereocenters. The third kappa shape index (κ3) is 2.18. The fourth-order valence-electron chi connectivity index (χ4n) is 1.86. The lowest BCUT2D eigenvalue weighted by molar-refractivity contribution is -0.120. The molecule has 1 aliphatic rings. The van der Waals surface area contributed by atoms with E-state index in [9.17, 15) is 4.79 Å². The number of nitrogens with zero attached hydrogens (tertiary/aromatic N) is 1. The molecule has 1 aromatic heterocycles. The van der Waals surface area contributed by atoms with E-state index in [1.54, 1.807) is 0 Å². The molecule has 1 fully saturated rings. The first kappa shape index (κ1) is 10.2. The molecule has 0 aromatic carbocycles. The Balaban J connectivity index is 1.97. The van der Waals surface area contributed by atoms with E-state index >= 15 is 0 Å². The van der Waals surface area contributed by atoms with Crippen LogP contribution in [0, 0.1) is 18.8 Å². The number of nitrogens with one attached hydrogen (secondary N) is 3. The van der Waals surface area contributed by atoms with Crippen molar-refractivity contribution >= 4 is 11.7 Å². The first-order valence-electron chi connectivity index (χ1n) is 5.20. The molecule has 0 aliphatic carbocycles. The van der Waals surface area contributed by atoms with Crippen LogP contribution in [-0.4, -0.2) is 29.2 Å². The van der Waals surface area contributed by atoms with E-state index in [1.807, 2.05) is 13.0 Å². The van der Waals surface area contributed by atoms with Crippen molar-refractivity contribution in [1.82, 2.24) is 15.5 Å². The predicted molar refractivity (Wildman–Crippen MR) is 57.5 cm³/mol. The summed E-state index contributed by atoms with van der Waals surface area (Å²) in [4.78, 5) is 11.8. The highest BCUT2D eigenvalue weighted by Gasteiger charge is 2.29. The van der Waals surface area contributed by atoms with Gasteiger partial charge in [0.15, 0.2) is 5.82 Å². The Morgan fingerprint density at radius 1 is 1.60 bits per heavy atom. The third-order valence-electron chi connectivity index (χ3n) is 2.81. The Labute approximate surface area is 88.6 Å². The first-order chi connectivity index (χ1) is 7.16. The fraction of sp³-hybridized carbons (Fsp3) is 0.600. The first-order valence-corrected chi connectivity index (χ1v) is 5.20. The molecule has 15 heavy (non-hydrogen) atoms. The summed E-state index contributed by atoms with van der Waals surface area (Å²) < 4.78 is 0. The highest BCUT2D eigenvalue weighted by atomic mass is 16.2. The molecule has 0 radical (unpaired) electrons. The molecule has 0 saturated carbocycles. The third-order valence-corrected chi connectivity index (χ3v) is 2.81. The quantitative estimate of drug-likeness (QED) is 0.663. The molecular formula is C10H16N4O. The van der Waals surface area contributed by atoms with Gasteiger partial charge in [-0.15, -0.1) is 0 Å². The van der Waals surface area contributed by atoms with Crippen LogP contribution in [0.5, 0.6) is 0 Å². The maximum absolute atomic E-state index is 11.8. The minimum absolute atomic E-state index is 0.0546. The second-order valence-corrected chi connectivity index (χ2v) is 4.17. The van der Waals surface area contributed by atoms with Crippen molar-refractivity contribution in [1.29, 1.82) is 0 Å². The number of carbonyl (C=O) groups is 1. The highest BCUT2D eigenvalue weighted by Crippen LogP contribution is 2.17. The van der Waals surface area contributed by atoms with Crippen molar-refractivity contribution in [3.8, 4) is 0 Å². The number of carbonyl (C=O) groups excluding carboxylic acids is 1. The molecular weight excluding hydrogens is 192 g/mol. The second-order valence-electron chi connectivity index (χ2n) is 4.17. The number of hydrogen-bond donors (Lipinski definition) is 3. The number of aromatic nitrogens is 2. The van der Waals surface area contributed by atoms with Crippen LogP contribution in [0.1, 0.15) is 12.6 Å². The Hall–Kier alpha value is -1.36. The van der Waals surface area contributed by atoms with Crippen molar-refractivity contribution in [2.75, 3.05) is 18.4 Å². The molecule has 0 unspecified atom stereocenters. The predicted octanol–water partition coefficient (Wildman–Crippen LogP) is 0.512. The van der Waals surface area contributed by atoms with E-state index in [0.29, 0.717) is 11.7 Å². The van der Waals surface area contributed by atoms with Gasteiger partial charge >= 0.3 is 0 Å². The highest BCUT2D eigenvalue weighted by molar-refractivity contribution is 5.92. The summed E-state index contributed by atoms with van der Waals surface area (Å²) in [6.07, 6.45) is 0. The molecule has 5 nitrogen and oxygen atoms in total. The van der Waals surface area contributed by atoms with Crippen molar-refractivity contribution < 1.29 is 4.79 Å². The number of hydrogen-bond acceptors (Lipinski definition) is 3. The summed E-state index contributed by atoms with van der Waals surface area (Å²) in [5.41, 5.74) is 0.947. The van der Waals surface area contributed by atoms with E-state index < -0.39 is 0 Å². The molecule has 2 heterocycles. The molecule has 3 N–H and O–H groups in total. The molecule has 1 saturated heterocycles. The normalized spacial score (nSPS) is 25.5. The van der Waals surface area contributed by atoms with Gasteiger partial charge in [-0.2, -0.15) is 5.10 Å². The SMILES string of the molecule is Cc1cc(NC(=O)[C@@H]2CNC[C@H]2C)n[nH]1. The van der Waals surface area contributed by atoms with Crippen LogP contribution in [0.25, 0.3) is 0 Å². The van der Waals surface area contributed by atoms with Crippen molar-refractivity contribution in [3.63, 3.8) is 0 Å². The average molecular weight is 208 g/mol. The van der Waals surface area contributed by atoms with Gasteiger partial charge in [0.05, 0.1) is 5.92 Å². The number of rotatable bonds is 2. The largest absolute Gasteiger partial charge is 0.316 e. The van der Waals surface area contributed by atoms with Crippen LogP contribution in [0.2, 0.25) is 0 Å². The van der Waals surface area contributed by atoms with Gasteiger partial charge in [-0.3, -0.25) is 9.89 Å². The zero-order valence-electron chi connectivity index (χ0n) is 9.00. The average Bonchev–Trinajstić information content (AvgIpc) is 2.75. The number of H-pyrrole nitrogens is 1. The van der Waals surface area contributed by atoms with Gasteiger partial charge in [-0.05, 0) is 19.4 Å². The summed E-state index contributed by atoms with van der Waals surface area (Å²) in [6, 6.07) is 1.82. The monoisotopic (exact) mass is 208 g/mol. The maximum atomic E-state index is 11.8. The molecule has 1 aliphatic heterocycles. The maximum Gasteiger partial charge on any atom is 0.230 e. The molecule has 1 amide bonds. The van der Waals surface area contributed by atoms with Gasteiger partial charge in [-0.25, -0.2) is 0 Å². The van der Waals surface area contributed by atoms with Crippen LogP contribution < -0.4 is 10.6 Å². The summed E-state index contributed by atoms with van der Waals surface area (Å²) in [6.45, 7) is 5.66. The van der Waals surface area contributed by atoms with Gasteiger partial charge in [0, 0.05) is 18.3 Å². The Kier molecular flexibility index (Phi) is 2.73. The van der Waals surface area contributed by atoms with E-state index in [-0.39, 0.29) is 11.8 Å². The molecule has 82 valence electrons. The van der Waals surface area contributed by atoms with E-state index in [2.05, 4.69) is 27.8 Å². The minimum Gasteiger partial charge on any atom is -0.316 e. The van der Waals surface area contributed by atoms with Crippen LogP contribution in [0.4, 0.5) is 5.82 Å². The van der Waals surface area contributed by atoms with Gasteiger partial charge in [0.25, 0.3) is 0 Å². The fourth-order valence-corrected chi connectivity index (χ4v) is 1.86. The summed E-state index contributed by atoms with van der Waals surface area (Å²) >= 11 is 0. The Morgan fingerprint density at radius 3 is 2.93 bits per heavy atom. The van der Waals surface area contributed by atoms with Crippen LogP contribution in [-0.2, 0) is 4.79 Å². The Bertz CT molecular complexity index is 360. The van der Waals surface area contributed by atoms with Crippen molar-refractivity contribution in [2.45, 2.75) is 13.8 Å². The van der Waals surface area contributed by atoms with Crippen LogP contribution in [0.15, 0.2) is 6.07 Å². The summed E-state index contributed by atoms with van der Waals surface area (Å²) in [5, 5.41) is 12.8. The van der Waals surface area contributed by atoms with E-state index in [1.165, 1.54) is 0 Å². The zero-order chi connectivity index (χ0) is 10.8. The van der Waals surface area contributed by atoms with Crippen molar-refractivity contribution in [2.24, 2.45) is 11.8 Å². The smallest absolute Gasteiger partial charge is 0.230 e. The lowest BCUT2D eigenvalue weighted by atomic mass is 9.97. The van der Waals surface area contributed by atoms with Gasteiger partial charge in [0.2, 0.25) is 5.91 Å². The number of aryl methyl sites for hydroxylation is 1. The van der Waals surface area contributed by atoms with E-state index in [4.69, 9.17) is 0 Å². The number of aromatic amines is 1. The number of anilines is 1. The minimum atomic E-state index is 0.0546.